The summed E-state index contributed by atoms with van der Waals surface area (Å²) < 4.78 is 0. The van der Waals surface area contributed by atoms with Crippen LogP contribution < -0.4 is 5.32 Å². The van der Waals surface area contributed by atoms with Gasteiger partial charge in [0.05, 0.1) is 11.1 Å². The fraction of sp³-hybridized carbons (Fsp3) is 0.600. The first-order valence-electron chi connectivity index (χ1n) is 2.87. The third-order valence-corrected chi connectivity index (χ3v) is 1.26. The zero-order chi connectivity index (χ0) is 6.69. The van der Waals surface area contributed by atoms with Crippen molar-refractivity contribution in [1.82, 2.24) is 5.32 Å². The molecule has 1 aliphatic heterocycles. The summed E-state index contributed by atoms with van der Waals surface area (Å²) in [5.41, 5.74) is 0.293. The first-order chi connectivity index (χ1) is 4.30. The number of hydrogen-bond acceptors (Lipinski definition) is 3. The number of hydrogen-bond donors (Lipinski definition) is 1. The minimum Gasteiger partial charge on any atom is -0.386 e. The third-order valence-electron chi connectivity index (χ3n) is 1.26. The van der Waals surface area contributed by atoms with Gasteiger partial charge in [-0.3, -0.25) is 10.1 Å². The Morgan fingerprint density at radius 3 is 2.89 bits per heavy atom. The number of nitro groups is 1. The lowest BCUT2D eigenvalue weighted by atomic mass is 10.2. The summed E-state index contributed by atoms with van der Waals surface area (Å²) in [6, 6.07) is 0. The zero-order valence-electron chi connectivity index (χ0n) is 4.96. The quantitative estimate of drug-likeness (QED) is 0.413. The molecule has 4 nitrogen and oxygen atoms in total. The van der Waals surface area contributed by atoms with Crippen LogP contribution >= 0.6 is 0 Å². The molecular weight excluding hydrogens is 120 g/mol. The summed E-state index contributed by atoms with van der Waals surface area (Å²) in [6.07, 6.45) is 2.94. The van der Waals surface area contributed by atoms with Gasteiger partial charge >= 0.3 is 0 Å². The van der Waals surface area contributed by atoms with Crippen LogP contribution in [0.25, 0.3) is 0 Å². The largest absolute Gasteiger partial charge is 0.386 e. The van der Waals surface area contributed by atoms with E-state index in [4.69, 9.17) is 0 Å². The van der Waals surface area contributed by atoms with E-state index in [1.54, 1.807) is 0 Å². The fourth-order valence-electron chi connectivity index (χ4n) is 0.778. The molecule has 4 heteroatoms. The number of nitrogens with one attached hydrogen (secondary N) is 1. The van der Waals surface area contributed by atoms with E-state index in [1.807, 2.05) is 0 Å². The Hall–Kier alpha value is -1.06. The molecule has 1 rings (SSSR count). The van der Waals surface area contributed by atoms with E-state index >= 15 is 0 Å². The number of rotatable bonds is 1. The standard InChI is InChI=1S/C5H8N2O2/c8-7(9)5-2-1-3-6-4-5/h4,6H,1-3H2. The highest BCUT2D eigenvalue weighted by atomic mass is 16.6. The van der Waals surface area contributed by atoms with Crippen LogP contribution in [0.4, 0.5) is 0 Å². The van der Waals surface area contributed by atoms with Gasteiger partial charge in [-0.15, -0.1) is 0 Å². The van der Waals surface area contributed by atoms with Crippen molar-refractivity contribution in [3.05, 3.63) is 22.0 Å². The summed E-state index contributed by atoms with van der Waals surface area (Å²) in [5, 5.41) is 12.9. The van der Waals surface area contributed by atoms with Gasteiger partial charge in [0, 0.05) is 13.0 Å². The van der Waals surface area contributed by atoms with Gasteiger partial charge in [0.15, 0.2) is 0 Å². The second-order valence-corrected chi connectivity index (χ2v) is 1.95. The van der Waals surface area contributed by atoms with Crippen LogP contribution in [0.2, 0.25) is 0 Å². The topological polar surface area (TPSA) is 55.2 Å². The van der Waals surface area contributed by atoms with Crippen molar-refractivity contribution >= 4 is 0 Å². The molecule has 0 amide bonds. The Bertz CT molecular complexity index is 153. The zero-order valence-corrected chi connectivity index (χ0v) is 4.96. The monoisotopic (exact) mass is 128 g/mol. The van der Waals surface area contributed by atoms with Gasteiger partial charge in [0.2, 0.25) is 0 Å². The lowest BCUT2D eigenvalue weighted by Gasteiger charge is -2.05. The highest BCUT2D eigenvalue weighted by molar-refractivity contribution is 4.93. The average Bonchev–Trinajstić information content (AvgIpc) is 1.90. The van der Waals surface area contributed by atoms with Gasteiger partial charge in [-0.05, 0) is 6.42 Å². The Morgan fingerprint density at radius 2 is 2.56 bits per heavy atom. The molecule has 1 heterocycles. The minimum atomic E-state index is -0.341. The van der Waals surface area contributed by atoms with Crippen LogP contribution in [0.5, 0.6) is 0 Å². The molecule has 0 bridgehead atoms. The van der Waals surface area contributed by atoms with Gasteiger partial charge < -0.3 is 5.32 Å². The van der Waals surface area contributed by atoms with Crippen LogP contribution in [0.3, 0.4) is 0 Å². The highest BCUT2D eigenvalue weighted by Gasteiger charge is 2.12. The van der Waals surface area contributed by atoms with E-state index in [2.05, 4.69) is 5.32 Å². The van der Waals surface area contributed by atoms with E-state index in [0.717, 1.165) is 13.0 Å². The maximum Gasteiger partial charge on any atom is 0.261 e. The second-order valence-electron chi connectivity index (χ2n) is 1.95. The predicted octanol–water partition coefficient (Wildman–Crippen LogP) is 0.488. The van der Waals surface area contributed by atoms with Crippen LogP contribution in [-0.2, 0) is 0 Å². The maximum absolute atomic E-state index is 10.1. The molecule has 0 aromatic heterocycles. The molecule has 1 aliphatic rings. The van der Waals surface area contributed by atoms with Gasteiger partial charge in [0.25, 0.3) is 5.70 Å². The Labute approximate surface area is 52.7 Å². The Kier molecular flexibility index (Phi) is 1.67. The minimum absolute atomic E-state index is 0.293. The van der Waals surface area contributed by atoms with E-state index in [0.29, 0.717) is 12.1 Å². The maximum atomic E-state index is 10.1. The summed E-state index contributed by atoms with van der Waals surface area (Å²) in [4.78, 5) is 9.71. The average molecular weight is 128 g/mol. The van der Waals surface area contributed by atoms with Crippen molar-refractivity contribution in [2.24, 2.45) is 0 Å². The molecule has 1 N–H and O–H groups in total. The van der Waals surface area contributed by atoms with E-state index in [1.165, 1.54) is 6.20 Å². The molecule has 9 heavy (non-hydrogen) atoms. The second kappa shape index (κ2) is 2.48. The van der Waals surface area contributed by atoms with Crippen LogP contribution in [-0.4, -0.2) is 11.5 Å². The number of nitrogens with zero attached hydrogens (tertiary/aromatic N) is 1. The molecule has 0 saturated carbocycles. The lowest BCUT2D eigenvalue weighted by Crippen LogP contribution is -2.17. The van der Waals surface area contributed by atoms with E-state index in [-0.39, 0.29) is 4.92 Å². The van der Waals surface area contributed by atoms with E-state index < -0.39 is 0 Å². The SMILES string of the molecule is O=[N+]([O-])C1=CNCCC1. The van der Waals surface area contributed by atoms with Crippen molar-refractivity contribution < 1.29 is 4.92 Å². The normalized spacial score (nSPS) is 18.0. The molecule has 0 fully saturated rings. The molecule has 0 aromatic carbocycles. The molecule has 0 spiro atoms. The predicted molar refractivity (Wildman–Crippen MR) is 32.3 cm³/mol. The van der Waals surface area contributed by atoms with Gasteiger partial charge in [-0.1, -0.05) is 0 Å². The Morgan fingerprint density at radius 1 is 1.78 bits per heavy atom. The van der Waals surface area contributed by atoms with E-state index in [9.17, 15) is 10.1 Å². The van der Waals surface area contributed by atoms with Gasteiger partial charge in [-0.2, -0.15) is 0 Å². The molecule has 0 radical (unpaired) electrons. The summed E-state index contributed by atoms with van der Waals surface area (Å²) in [5.74, 6) is 0. The third kappa shape index (κ3) is 1.42. The lowest BCUT2D eigenvalue weighted by molar-refractivity contribution is -0.429. The van der Waals surface area contributed by atoms with Crippen molar-refractivity contribution in [2.75, 3.05) is 6.54 Å². The smallest absolute Gasteiger partial charge is 0.261 e. The first-order valence-corrected chi connectivity index (χ1v) is 2.87. The molecule has 0 unspecified atom stereocenters. The molecule has 0 aromatic rings. The summed E-state index contributed by atoms with van der Waals surface area (Å²) in [6.45, 7) is 0.858. The fourth-order valence-corrected chi connectivity index (χ4v) is 0.778. The molecule has 50 valence electrons. The molecule has 0 atom stereocenters. The summed E-state index contributed by atoms with van der Waals surface area (Å²) >= 11 is 0. The van der Waals surface area contributed by atoms with Crippen molar-refractivity contribution in [1.29, 1.82) is 0 Å². The molecule has 0 saturated heterocycles. The van der Waals surface area contributed by atoms with Crippen molar-refractivity contribution in [2.45, 2.75) is 12.8 Å². The van der Waals surface area contributed by atoms with Crippen LogP contribution in [0, 0.1) is 10.1 Å². The van der Waals surface area contributed by atoms with Crippen LogP contribution in [0.1, 0.15) is 12.8 Å². The Balaban J connectivity index is 2.57. The van der Waals surface area contributed by atoms with Crippen molar-refractivity contribution in [3.8, 4) is 0 Å². The molecular formula is C5H8N2O2. The van der Waals surface area contributed by atoms with Gasteiger partial charge in [-0.25, -0.2) is 0 Å². The van der Waals surface area contributed by atoms with Crippen molar-refractivity contribution in [3.63, 3.8) is 0 Å². The summed E-state index contributed by atoms with van der Waals surface area (Å²) in [7, 11) is 0. The first kappa shape index (κ1) is 6.07. The van der Waals surface area contributed by atoms with Gasteiger partial charge in [0.1, 0.15) is 0 Å². The highest BCUT2D eigenvalue weighted by Crippen LogP contribution is 2.07. The number of allylic oxidation sites excluding steroid dienone is 1. The van der Waals surface area contributed by atoms with Crippen LogP contribution in [0.15, 0.2) is 11.9 Å². The molecule has 0 aliphatic carbocycles.